The summed E-state index contributed by atoms with van der Waals surface area (Å²) in [6, 6.07) is 5.04. The Kier molecular flexibility index (Phi) is 4.41. The average Bonchev–Trinajstić information content (AvgIpc) is 3.17. The molecule has 9 heteroatoms. The van der Waals surface area contributed by atoms with E-state index >= 15 is 0 Å². The fourth-order valence-corrected chi connectivity index (χ4v) is 3.47. The van der Waals surface area contributed by atoms with E-state index in [4.69, 9.17) is 0 Å². The van der Waals surface area contributed by atoms with Crippen molar-refractivity contribution in [3.05, 3.63) is 41.2 Å². The minimum atomic E-state index is -4.44. The number of benzene rings is 1. The van der Waals surface area contributed by atoms with Gasteiger partial charge in [-0.2, -0.15) is 13.2 Å². The summed E-state index contributed by atoms with van der Waals surface area (Å²) in [6.45, 7) is 1.58. The molecule has 1 aliphatic carbocycles. The van der Waals surface area contributed by atoms with Crippen LogP contribution < -0.4 is 5.32 Å². The lowest BCUT2D eigenvalue weighted by Gasteiger charge is -2.23. The van der Waals surface area contributed by atoms with Crippen molar-refractivity contribution in [2.75, 3.05) is 20.1 Å². The average molecular weight is 379 g/mol. The number of nitrogens with zero attached hydrogens (tertiary/aromatic N) is 4. The lowest BCUT2D eigenvalue weighted by molar-refractivity contribution is -0.137. The van der Waals surface area contributed by atoms with E-state index in [2.05, 4.69) is 15.6 Å². The van der Waals surface area contributed by atoms with E-state index in [9.17, 15) is 18.0 Å². The molecule has 4 rings (SSSR count). The van der Waals surface area contributed by atoms with Crippen molar-refractivity contribution >= 4 is 5.91 Å². The first kappa shape index (κ1) is 18.0. The van der Waals surface area contributed by atoms with Gasteiger partial charge in [0.2, 0.25) is 0 Å². The number of halogens is 3. The van der Waals surface area contributed by atoms with Crippen molar-refractivity contribution in [2.45, 2.75) is 37.4 Å². The van der Waals surface area contributed by atoms with E-state index in [1.807, 2.05) is 0 Å². The van der Waals surface area contributed by atoms with Crippen LogP contribution in [0.15, 0.2) is 24.3 Å². The van der Waals surface area contributed by atoms with Gasteiger partial charge < -0.3 is 10.2 Å². The second-order valence-corrected chi connectivity index (χ2v) is 7.12. The number of amides is 1. The van der Waals surface area contributed by atoms with Gasteiger partial charge in [-0.05, 0) is 44.0 Å². The first-order valence-corrected chi connectivity index (χ1v) is 8.97. The van der Waals surface area contributed by atoms with E-state index < -0.39 is 11.7 Å². The van der Waals surface area contributed by atoms with Crippen LogP contribution in [0.2, 0.25) is 0 Å². The van der Waals surface area contributed by atoms with Gasteiger partial charge in [-0.3, -0.25) is 4.79 Å². The van der Waals surface area contributed by atoms with Crippen LogP contribution in [-0.4, -0.2) is 52.0 Å². The van der Waals surface area contributed by atoms with Gasteiger partial charge in [0, 0.05) is 25.6 Å². The Bertz CT molecular complexity index is 853. The highest BCUT2D eigenvalue weighted by Crippen LogP contribution is 2.42. The van der Waals surface area contributed by atoms with Crippen molar-refractivity contribution in [3.8, 4) is 5.69 Å². The summed E-state index contributed by atoms with van der Waals surface area (Å²) in [6.07, 6.45) is -1.82. The maximum Gasteiger partial charge on any atom is 0.416 e. The van der Waals surface area contributed by atoms with Crippen LogP contribution >= 0.6 is 0 Å². The maximum atomic E-state index is 13.1. The molecule has 1 saturated carbocycles. The molecule has 1 aromatic heterocycles. The number of carbonyl (C=O) groups excluding carboxylic acids is 1. The molecule has 1 saturated heterocycles. The molecule has 1 amide bonds. The van der Waals surface area contributed by atoms with Gasteiger partial charge in [0.15, 0.2) is 5.69 Å². The smallest absolute Gasteiger partial charge is 0.336 e. The van der Waals surface area contributed by atoms with Crippen LogP contribution in [0.25, 0.3) is 5.69 Å². The van der Waals surface area contributed by atoms with Crippen LogP contribution in [0, 0.1) is 0 Å². The van der Waals surface area contributed by atoms with Gasteiger partial charge in [0.1, 0.15) is 0 Å². The minimum Gasteiger partial charge on any atom is -0.336 e. The fourth-order valence-electron chi connectivity index (χ4n) is 3.47. The molecule has 1 N–H and O–H groups in total. The Morgan fingerprint density at radius 2 is 2.07 bits per heavy atom. The third-order valence-electron chi connectivity index (χ3n) is 5.19. The normalized spacial score (nSPS) is 20.1. The molecule has 1 aliphatic heterocycles. The molecule has 27 heavy (non-hydrogen) atoms. The molecule has 1 atom stereocenters. The molecule has 144 valence electrons. The Balaban J connectivity index is 1.71. The van der Waals surface area contributed by atoms with Crippen LogP contribution in [-0.2, 0) is 6.18 Å². The lowest BCUT2D eigenvalue weighted by Crippen LogP contribution is -2.39. The van der Waals surface area contributed by atoms with Crippen molar-refractivity contribution < 1.29 is 18.0 Å². The molecule has 2 aromatic rings. The number of hydrogen-bond donors (Lipinski definition) is 1. The zero-order chi connectivity index (χ0) is 19.2. The monoisotopic (exact) mass is 379 g/mol. The summed E-state index contributed by atoms with van der Waals surface area (Å²) in [5.74, 6) is -0.132. The van der Waals surface area contributed by atoms with Crippen LogP contribution in [0.5, 0.6) is 0 Å². The summed E-state index contributed by atoms with van der Waals surface area (Å²) in [5, 5.41) is 11.3. The Morgan fingerprint density at radius 3 is 2.70 bits per heavy atom. The fraction of sp³-hybridized carbons (Fsp3) is 0.500. The lowest BCUT2D eigenvalue weighted by atomic mass is 10.1. The maximum absolute atomic E-state index is 13.1. The van der Waals surface area contributed by atoms with Gasteiger partial charge in [0.05, 0.1) is 16.9 Å². The number of hydrogen-bond acceptors (Lipinski definition) is 4. The molecule has 6 nitrogen and oxygen atoms in total. The molecular formula is C18H20F3N5O. The SMILES string of the molecule is CN(C(=O)c1nnn(-c2cccc(C(F)(F)F)c2)c1C1CC1)C1CCNC1. The summed E-state index contributed by atoms with van der Waals surface area (Å²) >= 11 is 0. The highest BCUT2D eigenvalue weighted by atomic mass is 19.4. The van der Waals surface area contributed by atoms with E-state index in [0.29, 0.717) is 5.69 Å². The van der Waals surface area contributed by atoms with E-state index in [1.165, 1.54) is 10.7 Å². The number of nitrogens with one attached hydrogen (secondary N) is 1. The van der Waals surface area contributed by atoms with Gasteiger partial charge in [-0.25, -0.2) is 4.68 Å². The standard InChI is InChI=1S/C18H20F3N5O/c1-25(14-7-8-22-10-14)17(27)15-16(11-5-6-11)26(24-23-15)13-4-2-3-12(9-13)18(19,20)21/h2-4,9,11,14,22H,5-8,10H2,1H3. The molecule has 1 aromatic carbocycles. The van der Waals surface area contributed by atoms with Crippen molar-refractivity contribution in [1.82, 2.24) is 25.2 Å². The quantitative estimate of drug-likeness (QED) is 0.887. The highest BCUT2D eigenvalue weighted by Gasteiger charge is 2.37. The van der Waals surface area contributed by atoms with Crippen LogP contribution in [0.4, 0.5) is 13.2 Å². The Hall–Kier alpha value is -2.42. The summed E-state index contributed by atoms with van der Waals surface area (Å²) in [7, 11) is 1.74. The zero-order valence-electron chi connectivity index (χ0n) is 14.8. The number of alkyl halides is 3. The first-order chi connectivity index (χ1) is 12.9. The van der Waals surface area contributed by atoms with Gasteiger partial charge in [-0.15, -0.1) is 5.10 Å². The summed E-state index contributed by atoms with van der Waals surface area (Å²) in [4.78, 5) is 14.6. The molecule has 1 unspecified atom stereocenters. The topological polar surface area (TPSA) is 63.1 Å². The van der Waals surface area contributed by atoms with Crippen molar-refractivity contribution in [3.63, 3.8) is 0 Å². The second kappa shape index (κ2) is 6.63. The predicted molar refractivity (Wildman–Crippen MR) is 91.7 cm³/mol. The van der Waals surface area contributed by atoms with Gasteiger partial charge in [0.25, 0.3) is 5.91 Å². The van der Waals surface area contributed by atoms with Crippen LogP contribution in [0.3, 0.4) is 0 Å². The molecule has 2 fully saturated rings. The minimum absolute atomic E-state index is 0.0864. The number of likely N-dealkylation sites (N-methyl/N-ethyl adjacent to an activating group) is 1. The van der Waals surface area contributed by atoms with Crippen molar-refractivity contribution in [2.24, 2.45) is 0 Å². The van der Waals surface area contributed by atoms with Gasteiger partial charge in [-0.1, -0.05) is 11.3 Å². The van der Waals surface area contributed by atoms with Gasteiger partial charge >= 0.3 is 6.18 Å². The molecule has 0 radical (unpaired) electrons. The molecule has 2 heterocycles. The molecule has 0 bridgehead atoms. The second-order valence-electron chi connectivity index (χ2n) is 7.12. The number of aromatic nitrogens is 3. The Morgan fingerprint density at radius 1 is 1.30 bits per heavy atom. The summed E-state index contributed by atoms with van der Waals surface area (Å²) in [5.41, 5.74) is 0.365. The predicted octanol–water partition coefficient (Wildman–Crippen LogP) is 2.60. The van der Waals surface area contributed by atoms with E-state index in [0.717, 1.165) is 44.5 Å². The third-order valence-corrected chi connectivity index (χ3v) is 5.19. The van der Waals surface area contributed by atoms with E-state index in [1.54, 1.807) is 18.0 Å². The number of carbonyl (C=O) groups is 1. The largest absolute Gasteiger partial charge is 0.416 e. The first-order valence-electron chi connectivity index (χ1n) is 8.97. The molecule has 0 spiro atoms. The third kappa shape index (κ3) is 3.43. The van der Waals surface area contributed by atoms with Crippen molar-refractivity contribution in [1.29, 1.82) is 0 Å². The number of rotatable bonds is 4. The molecular weight excluding hydrogens is 359 g/mol. The highest BCUT2D eigenvalue weighted by molar-refractivity contribution is 5.93. The van der Waals surface area contributed by atoms with Crippen LogP contribution in [0.1, 0.15) is 46.9 Å². The zero-order valence-corrected chi connectivity index (χ0v) is 14.8. The molecule has 2 aliphatic rings. The Labute approximate surface area is 154 Å². The van der Waals surface area contributed by atoms with E-state index in [-0.39, 0.29) is 29.2 Å². The summed E-state index contributed by atoms with van der Waals surface area (Å²) < 4.78 is 40.6.